The number of carbonyl (C=O) groups excluding carboxylic acids is 1. The van der Waals surface area contributed by atoms with Crippen LogP contribution >= 0.6 is 0 Å². The summed E-state index contributed by atoms with van der Waals surface area (Å²) in [6, 6.07) is 10.8. The molecule has 0 saturated carbocycles. The van der Waals surface area contributed by atoms with Crippen molar-refractivity contribution >= 4 is 15.7 Å². The number of aryl methyl sites for hydroxylation is 1. The Labute approximate surface area is 202 Å². The minimum Gasteiger partial charge on any atom is -0.338 e. The van der Waals surface area contributed by atoms with Crippen LogP contribution in [-0.2, 0) is 34.0 Å². The lowest BCUT2D eigenvalue weighted by molar-refractivity contribution is -0.131. The number of hydrogen-bond acceptors (Lipinski definition) is 4. The smallest absolute Gasteiger partial charge is 0.223 e. The highest BCUT2D eigenvalue weighted by Crippen LogP contribution is 2.14. The minimum absolute atomic E-state index is 0.0795. The summed E-state index contributed by atoms with van der Waals surface area (Å²) in [7, 11) is -3.28. The van der Waals surface area contributed by atoms with Gasteiger partial charge in [-0.15, -0.1) is 0 Å². The summed E-state index contributed by atoms with van der Waals surface area (Å²) in [6.07, 6.45) is 2.84. The first-order valence-electron chi connectivity index (χ1n) is 11.9. The van der Waals surface area contributed by atoms with Gasteiger partial charge in [-0.3, -0.25) is 4.79 Å². The molecule has 34 heavy (non-hydrogen) atoms. The van der Waals surface area contributed by atoms with Gasteiger partial charge in [-0.1, -0.05) is 44.5 Å². The highest BCUT2D eigenvalue weighted by atomic mass is 32.2. The van der Waals surface area contributed by atoms with Crippen LogP contribution < -0.4 is 5.73 Å². The van der Waals surface area contributed by atoms with Crippen molar-refractivity contribution in [3.05, 3.63) is 70.8 Å². The fraction of sp³-hybridized carbons (Fsp3) is 0.500. The van der Waals surface area contributed by atoms with Crippen LogP contribution in [0.2, 0.25) is 0 Å². The Balaban J connectivity index is 2.06. The molecular formula is C26H36F2N2O3S. The summed E-state index contributed by atoms with van der Waals surface area (Å²) in [5.41, 5.74) is 8.78. The van der Waals surface area contributed by atoms with E-state index in [1.807, 2.05) is 31.2 Å². The molecular weight excluding hydrogens is 458 g/mol. The molecule has 1 amide bonds. The van der Waals surface area contributed by atoms with Crippen LogP contribution in [-0.4, -0.2) is 43.3 Å². The third kappa shape index (κ3) is 9.89. The Bertz CT molecular complexity index is 1020. The average Bonchev–Trinajstić information content (AvgIpc) is 2.78. The Hall–Kier alpha value is -2.32. The van der Waals surface area contributed by atoms with E-state index in [9.17, 15) is 22.0 Å². The van der Waals surface area contributed by atoms with Crippen molar-refractivity contribution in [3.8, 4) is 0 Å². The number of unbranched alkanes of at least 4 members (excludes halogenated alkanes) is 1. The second-order valence-electron chi connectivity index (χ2n) is 8.77. The monoisotopic (exact) mass is 494 g/mol. The first kappa shape index (κ1) is 27.9. The van der Waals surface area contributed by atoms with Crippen LogP contribution in [0.15, 0.2) is 42.5 Å². The van der Waals surface area contributed by atoms with Gasteiger partial charge in [0, 0.05) is 31.6 Å². The summed E-state index contributed by atoms with van der Waals surface area (Å²) in [6.45, 7) is 4.65. The van der Waals surface area contributed by atoms with E-state index < -0.39 is 27.5 Å². The number of hydrogen-bond donors (Lipinski definition) is 1. The van der Waals surface area contributed by atoms with Crippen LogP contribution in [0.3, 0.4) is 0 Å². The number of carbonyl (C=O) groups is 1. The fourth-order valence-corrected chi connectivity index (χ4v) is 5.20. The Morgan fingerprint density at radius 3 is 2.32 bits per heavy atom. The van der Waals surface area contributed by atoms with Crippen molar-refractivity contribution in [1.29, 1.82) is 0 Å². The Morgan fingerprint density at radius 1 is 1.00 bits per heavy atom. The molecule has 0 fully saturated rings. The molecule has 0 heterocycles. The van der Waals surface area contributed by atoms with Gasteiger partial charge in [-0.25, -0.2) is 17.2 Å². The number of halogens is 2. The molecule has 8 heteroatoms. The van der Waals surface area contributed by atoms with Gasteiger partial charge in [0.05, 0.1) is 11.5 Å². The molecule has 0 aromatic heterocycles. The number of nitrogens with two attached hydrogens (primary N) is 1. The van der Waals surface area contributed by atoms with E-state index in [0.717, 1.165) is 30.0 Å². The zero-order valence-electron chi connectivity index (χ0n) is 20.1. The lowest BCUT2D eigenvalue weighted by atomic mass is 10.0. The molecule has 2 rings (SSSR count). The van der Waals surface area contributed by atoms with E-state index in [1.54, 1.807) is 4.90 Å². The van der Waals surface area contributed by atoms with E-state index in [2.05, 4.69) is 6.92 Å². The molecule has 0 aliphatic rings. The molecule has 5 nitrogen and oxygen atoms in total. The highest BCUT2D eigenvalue weighted by Gasteiger charge is 2.20. The van der Waals surface area contributed by atoms with Crippen molar-refractivity contribution in [2.24, 2.45) is 5.73 Å². The first-order chi connectivity index (χ1) is 16.1. The average molecular weight is 495 g/mol. The molecule has 0 aliphatic heterocycles. The molecule has 0 aliphatic carbocycles. The number of nitrogens with zero attached hydrogens (tertiary/aromatic N) is 1. The largest absolute Gasteiger partial charge is 0.338 e. The molecule has 0 radical (unpaired) electrons. The molecule has 0 spiro atoms. The second-order valence-corrected chi connectivity index (χ2v) is 11.1. The van der Waals surface area contributed by atoms with Crippen LogP contribution in [0, 0.1) is 11.6 Å². The lowest BCUT2D eigenvalue weighted by Crippen LogP contribution is -2.36. The maximum absolute atomic E-state index is 13.5. The first-order valence-corrected chi connectivity index (χ1v) is 13.7. The third-order valence-electron chi connectivity index (χ3n) is 5.75. The topological polar surface area (TPSA) is 80.5 Å². The Morgan fingerprint density at radius 2 is 1.68 bits per heavy atom. The lowest BCUT2D eigenvalue weighted by Gasteiger charge is -2.25. The normalized spacial score (nSPS) is 12.5. The van der Waals surface area contributed by atoms with Crippen molar-refractivity contribution in [1.82, 2.24) is 4.90 Å². The van der Waals surface area contributed by atoms with Gasteiger partial charge in [0.1, 0.15) is 11.6 Å². The molecule has 2 aromatic carbocycles. The number of benzene rings is 2. The van der Waals surface area contributed by atoms with E-state index in [0.29, 0.717) is 31.5 Å². The quantitative estimate of drug-likeness (QED) is 0.422. The van der Waals surface area contributed by atoms with Crippen molar-refractivity contribution < 1.29 is 22.0 Å². The zero-order valence-corrected chi connectivity index (χ0v) is 20.9. The van der Waals surface area contributed by atoms with Gasteiger partial charge >= 0.3 is 0 Å². The Kier molecular flexibility index (Phi) is 11.1. The molecule has 2 aromatic rings. The van der Waals surface area contributed by atoms with Crippen molar-refractivity contribution in [2.75, 3.05) is 18.1 Å². The maximum Gasteiger partial charge on any atom is 0.223 e. The number of rotatable bonds is 14. The predicted molar refractivity (Wildman–Crippen MR) is 132 cm³/mol. The molecule has 1 atom stereocenters. The van der Waals surface area contributed by atoms with Gasteiger partial charge < -0.3 is 10.6 Å². The molecule has 188 valence electrons. The zero-order chi connectivity index (χ0) is 25.1. The van der Waals surface area contributed by atoms with Crippen LogP contribution in [0.5, 0.6) is 0 Å². The van der Waals surface area contributed by atoms with Crippen LogP contribution in [0.4, 0.5) is 8.78 Å². The van der Waals surface area contributed by atoms with Crippen molar-refractivity contribution in [3.63, 3.8) is 0 Å². The van der Waals surface area contributed by atoms with Gasteiger partial charge in [0.25, 0.3) is 0 Å². The minimum atomic E-state index is -3.28. The van der Waals surface area contributed by atoms with Gasteiger partial charge in [-0.2, -0.15) is 0 Å². The maximum atomic E-state index is 13.5. The molecule has 0 unspecified atom stereocenters. The van der Waals surface area contributed by atoms with Crippen LogP contribution in [0.1, 0.15) is 56.2 Å². The van der Waals surface area contributed by atoms with E-state index >= 15 is 0 Å². The highest BCUT2D eigenvalue weighted by molar-refractivity contribution is 7.91. The van der Waals surface area contributed by atoms with Gasteiger partial charge in [0.2, 0.25) is 5.91 Å². The molecule has 2 N–H and O–H groups in total. The summed E-state index contributed by atoms with van der Waals surface area (Å²) in [5, 5.41) is 0. The van der Waals surface area contributed by atoms with Crippen molar-refractivity contribution in [2.45, 2.75) is 65.0 Å². The fourth-order valence-electron chi connectivity index (χ4n) is 3.78. The summed E-state index contributed by atoms with van der Waals surface area (Å²) < 4.78 is 51.4. The molecule has 0 bridgehead atoms. The molecule has 0 saturated heterocycles. The SMILES string of the molecule is CCCCS(=O)(=O)CCC(=O)N(CC[C@@H](N)Cc1cc(F)cc(F)c1)Cc1cccc(CC)c1. The van der Waals surface area contributed by atoms with Crippen LogP contribution in [0.25, 0.3) is 0 Å². The van der Waals surface area contributed by atoms with E-state index in [1.165, 1.54) is 12.1 Å². The predicted octanol–water partition coefficient (Wildman–Crippen LogP) is 4.42. The third-order valence-corrected chi connectivity index (χ3v) is 7.49. The van der Waals surface area contributed by atoms with Gasteiger partial charge in [0.15, 0.2) is 9.84 Å². The summed E-state index contributed by atoms with van der Waals surface area (Å²) >= 11 is 0. The number of amides is 1. The second kappa shape index (κ2) is 13.5. The number of sulfone groups is 1. The standard InChI is InChI=1S/C26H36F2N2O3S/c1-3-5-12-34(32,33)13-10-26(31)30(19-21-8-6-7-20(4-2)14-21)11-9-25(29)17-22-15-23(27)18-24(28)16-22/h6-8,14-16,18,25H,3-5,9-13,17,19,29H2,1-2H3/t25-/m1/s1. The van der Waals surface area contributed by atoms with Gasteiger partial charge in [-0.05, 0) is 54.5 Å². The van der Waals surface area contributed by atoms with E-state index in [-0.39, 0.29) is 30.3 Å². The van der Waals surface area contributed by atoms with E-state index in [4.69, 9.17) is 5.73 Å². The summed E-state index contributed by atoms with van der Waals surface area (Å²) in [5.74, 6) is -1.64. The summed E-state index contributed by atoms with van der Waals surface area (Å²) in [4.78, 5) is 14.6.